The molecule has 4 nitrogen and oxygen atoms in total. The molecule has 0 rings (SSSR count). The molecule has 0 aromatic heterocycles. The van der Waals surface area contributed by atoms with Gasteiger partial charge >= 0.3 is 51.4 Å². The normalized spacial score (nSPS) is 11.0. The van der Waals surface area contributed by atoms with Crippen molar-refractivity contribution in [3.05, 3.63) is 24.3 Å². The van der Waals surface area contributed by atoms with Gasteiger partial charge in [-0.15, -0.1) is 0 Å². The zero-order chi connectivity index (χ0) is 18.8. The fourth-order valence-corrected chi connectivity index (χ4v) is 2.56. The zero-order valence-electron chi connectivity index (χ0n) is 17.2. The average molecular weight is 390 g/mol. The monoisotopic (exact) mass is 389 g/mol. The molecule has 0 saturated heterocycles. The molecular weight excluding hydrogens is 353 g/mol. The summed E-state index contributed by atoms with van der Waals surface area (Å²) in [5, 5.41) is 10.4. The van der Waals surface area contributed by atoms with Gasteiger partial charge in [-0.05, 0) is 38.5 Å². The van der Waals surface area contributed by atoms with Gasteiger partial charge in [-0.3, -0.25) is 4.79 Å². The molecule has 5 heteroatoms. The largest absolute Gasteiger partial charge is 1.00 e. The quantitative estimate of drug-likeness (QED) is 0.225. The van der Waals surface area contributed by atoms with Gasteiger partial charge in [0.15, 0.2) is 0 Å². The molecule has 0 aliphatic carbocycles. The van der Waals surface area contributed by atoms with Gasteiger partial charge in [0.05, 0.1) is 12.5 Å². The molecule has 26 heavy (non-hydrogen) atoms. The number of carbonyl (C=O) groups is 2. The molecule has 144 valence electrons. The maximum atomic E-state index is 11.6. The fourth-order valence-electron chi connectivity index (χ4n) is 2.56. The number of carboxylic acid groups (broad SMARTS) is 1. The Balaban J connectivity index is 0. The van der Waals surface area contributed by atoms with Crippen molar-refractivity contribution in [2.45, 2.75) is 84.0 Å². The van der Waals surface area contributed by atoms with Crippen LogP contribution in [-0.4, -0.2) is 30.4 Å². The van der Waals surface area contributed by atoms with Crippen molar-refractivity contribution in [3.8, 4) is 0 Å². The molecule has 0 spiro atoms. The summed E-state index contributed by atoms with van der Waals surface area (Å²) >= 11 is 0. The molecule has 0 fully saturated rings. The summed E-state index contributed by atoms with van der Waals surface area (Å²) < 4.78 is 0. The number of rotatable bonds is 16. The van der Waals surface area contributed by atoms with Crippen molar-refractivity contribution >= 4 is 11.9 Å². The average Bonchev–Trinajstić information content (AvgIpc) is 2.57. The van der Waals surface area contributed by atoms with Crippen LogP contribution in [0.15, 0.2) is 24.3 Å². The maximum absolute atomic E-state index is 11.6. The van der Waals surface area contributed by atoms with Crippen molar-refractivity contribution in [1.82, 2.24) is 4.90 Å². The van der Waals surface area contributed by atoms with Gasteiger partial charge in [0.2, 0.25) is 5.91 Å². The second kappa shape index (κ2) is 21.4. The minimum Gasteiger partial charge on any atom is -0.548 e. The number of hydrogen-bond donors (Lipinski definition) is 0. The first-order valence-electron chi connectivity index (χ1n) is 9.81. The topological polar surface area (TPSA) is 60.4 Å². The van der Waals surface area contributed by atoms with Crippen LogP contribution < -0.4 is 56.5 Å². The number of likely N-dealkylation sites (N-methyl/N-ethyl adjacent to an activating group) is 1. The molecule has 0 aliphatic rings. The number of carbonyl (C=O) groups excluding carboxylic acids is 2. The first kappa shape index (κ1) is 28.3. The number of unbranched alkanes of at least 4 members (excludes halogenated alkanes) is 8. The van der Waals surface area contributed by atoms with Crippen LogP contribution in [0.1, 0.15) is 84.0 Å². The van der Waals surface area contributed by atoms with Crippen molar-refractivity contribution in [2.75, 3.05) is 13.6 Å². The Kier molecular flexibility index (Phi) is 23.2. The van der Waals surface area contributed by atoms with Crippen LogP contribution in [0.4, 0.5) is 0 Å². The summed E-state index contributed by atoms with van der Waals surface area (Å²) in [4.78, 5) is 23.3. The predicted octanol–water partition coefficient (Wildman–Crippen LogP) is 1.01. The van der Waals surface area contributed by atoms with E-state index in [-0.39, 0.29) is 63.8 Å². The summed E-state index contributed by atoms with van der Waals surface area (Å²) in [6.45, 7) is 1.91. The van der Waals surface area contributed by atoms with Crippen LogP contribution in [0.5, 0.6) is 0 Å². The summed E-state index contributed by atoms with van der Waals surface area (Å²) in [5.41, 5.74) is 0. The third-order valence-electron chi connectivity index (χ3n) is 4.13. The molecule has 0 saturated carbocycles. The van der Waals surface area contributed by atoms with Crippen molar-refractivity contribution in [3.63, 3.8) is 0 Å². The maximum Gasteiger partial charge on any atom is 1.00 e. The standard InChI is InChI=1S/C21H37NO3.K/c1-3-4-5-6-7-8-9-10-11-12-13-14-15-16-17-18-20(23)22(2)19-21(24)25;/h7-8,10-11H,3-6,9,12-19H2,1-2H3,(H,24,25);/q;+1/p-1/b8-7-,11-10-;. The van der Waals surface area contributed by atoms with E-state index in [1.165, 1.54) is 50.5 Å². The summed E-state index contributed by atoms with van der Waals surface area (Å²) in [6.07, 6.45) is 22.1. The van der Waals surface area contributed by atoms with Crippen LogP contribution in [-0.2, 0) is 9.59 Å². The number of amides is 1. The Morgan fingerprint density at radius 3 is 1.96 bits per heavy atom. The number of hydrogen-bond acceptors (Lipinski definition) is 3. The van der Waals surface area contributed by atoms with Crippen LogP contribution in [0.3, 0.4) is 0 Å². The van der Waals surface area contributed by atoms with Gasteiger partial charge in [-0.1, -0.05) is 63.3 Å². The number of nitrogens with zero attached hydrogens (tertiary/aromatic N) is 1. The first-order valence-corrected chi connectivity index (χ1v) is 9.81. The van der Waals surface area contributed by atoms with Crippen molar-refractivity contribution in [2.24, 2.45) is 0 Å². The summed E-state index contributed by atoms with van der Waals surface area (Å²) in [7, 11) is 1.50. The van der Waals surface area contributed by atoms with Crippen LogP contribution in [0.25, 0.3) is 0 Å². The zero-order valence-corrected chi connectivity index (χ0v) is 20.3. The molecule has 0 heterocycles. The number of allylic oxidation sites excluding steroid dienone is 4. The van der Waals surface area contributed by atoms with E-state index in [9.17, 15) is 14.7 Å². The van der Waals surface area contributed by atoms with Gasteiger partial charge in [0.1, 0.15) is 0 Å². The van der Waals surface area contributed by atoms with E-state index in [2.05, 4.69) is 31.2 Å². The van der Waals surface area contributed by atoms with E-state index in [0.29, 0.717) is 6.42 Å². The van der Waals surface area contributed by atoms with Gasteiger partial charge in [0, 0.05) is 13.5 Å². The number of aliphatic carboxylic acids is 1. The Morgan fingerprint density at radius 1 is 0.846 bits per heavy atom. The van der Waals surface area contributed by atoms with Crippen LogP contribution >= 0.6 is 0 Å². The SMILES string of the molecule is CCCCC/C=C\C/C=C\CCCCCCCC(=O)N(C)CC(=O)[O-].[K+]. The Morgan fingerprint density at radius 2 is 1.38 bits per heavy atom. The molecule has 0 aromatic carbocycles. The Labute approximate surface area is 202 Å². The molecule has 0 bridgehead atoms. The van der Waals surface area contributed by atoms with Gasteiger partial charge in [-0.25, -0.2) is 0 Å². The van der Waals surface area contributed by atoms with Crippen molar-refractivity contribution < 1.29 is 66.1 Å². The molecule has 0 aromatic rings. The van der Waals surface area contributed by atoms with E-state index in [4.69, 9.17) is 0 Å². The van der Waals surface area contributed by atoms with Crippen molar-refractivity contribution in [1.29, 1.82) is 0 Å². The summed E-state index contributed by atoms with van der Waals surface area (Å²) in [5.74, 6) is -1.33. The first-order chi connectivity index (χ1) is 12.1. The minimum atomic E-state index is -1.21. The minimum absolute atomic E-state index is 0. The van der Waals surface area contributed by atoms with Crippen LogP contribution in [0.2, 0.25) is 0 Å². The molecular formula is C21H36KNO3. The van der Waals surface area contributed by atoms with E-state index < -0.39 is 5.97 Å². The second-order valence-electron chi connectivity index (χ2n) is 6.60. The van der Waals surface area contributed by atoms with Crippen LogP contribution in [0, 0.1) is 0 Å². The van der Waals surface area contributed by atoms with Gasteiger partial charge in [-0.2, -0.15) is 0 Å². The second-order valence-corrected chi connectivity index (χ2v) is 6.60. The smallest absolute Gasteiger partial charge is 0.548 e. The molecule has 0 N–H and O–H groups in total. The molecule has 0 aliphatic heterocycles. The van der Waals surface area contributed by atoms with E-state index in [1.807, 2.05) is 0 Å². The van der Waals surface area contributed by atoms with E-state index in [1.54, 1.807) is 0 Å². The molecule has 0 unspecified atom stereocenters. The molecule has 1 amide bonds. The fraction of sp³-hybridized carbons (Fsp3) is 0.714. The van der Waals surface area contributed by atoms with Gasteiger partial charge in [0.25, 0.3) is 0 Å². The molecule has 0 radical (unpaired) electrons. The third kappa shape index (κ3) is 20.4. The third-order valence-corrected chi connectivity index (χ3v) is 4.13. The van der Waals surface area contributed by atoms with E-state index in [0.717, 1.165) is 32.1 Å². The Hall–Kier alpha value is 0.0564. The summed E-state index contributed by atoms with van der Waals surface area (Å²) in [6, 6.07) is 0. The molecule has 0 atom stereocenters. The van der Waals surface area contributed by atoms with E-state index >= 15 is 0 Å². The number of carboxylic acids is 1. The van der Waals surface area contributed by atoms with Gasteiger partial charge < -0.3 is 14.8 Å². The Bertz CT molecular complexity index is 408. The predicted molar refractivity (Wildman–Crippen MR) is 102 cm³/mol.